The maximum absolute atomic E-state index is 11.4. The lowest BCUT2D eigenvalue weighted by molar-refractivity contribution is -0.142. The van der Waals surface area contributed by atoms with Gasteiger partial charge in [0.05, 0.1) is 24.8 Å². The van der Waals surface area contributed by atoms with Crippen molar-refractivity contribution >= 4 is 16.7 Å². The number of nitrogens with zero attached hydrogens (tertiary/aromatic N) is 1. The van der Waals surface area contributed by atoms with E-state index in [0.717, 1.165) is 41.0 Å². The summed E-state index contributed by atoms with van der Waals surface area (Å²) >= 11 is 0. The molecule has 1 fully saturated rings. The van der Waals surface area contributed by atoms with Gasteiger partial charge in [-0.3, -0.25) is 9.78 Å². The van der Waals surface area contributed by atoms with Crippen molar-refractivity contribution in [2.45, 2.75) is 72.4 Å². The van der Waals surface area contributed by atoms with Gasteiger partial charge in [-0.05, 0) is 67.5 Å². The molecule has 0 spiro atoms. The normalized spacial score (nSPS) is 19.6. The van der Waals surface area contributed by atoms with Gasteiger partial charge in [-0.1, -0.05) is 26.8 Å². The van der Waals surface area contributed by atoms with Gasteiger partial charge in [0.25, 0.3) is 0 Å². The van der Waals surface area contributed by atoms with Crippen molar-refractivity contribution in [3.63, 3.8) is 0 Å². The first-order chi connectivity index (χ1) is 14.3. The molecule has 1 heterocycles. The van der Waals surface area contributed by atoms with Gasteiger partial charge in [0.1, 0.15) is 5.75 Å². The van der Waals surface area contributed by atoms with Gasteiger partial charge in [0, 0.05) is 24.7 Å². The molecule has 5 heteroatoms. The molecule has 1 N–H and O–H groups in total. The molecule has 5 nitrogen and oxygen atoms in total. The fraction of sp³-hybridized carbons (Fsp3) is 0.600. The van der Waals surface area contributed by atoms with E-state index in [1.807, 2.05) is 13.1 Å². The van der Waals surface area contributed by atoms with Crippen LogP contribution >= 0.6 is 0 Å². The van der Waals surface area contributed by atoms with Crippen LogP contribution in [0.4, 0.5) is 0 Å². The second-order valence-corrected chi connectivity index (χ2v) is 9.37. The molecule has 1 aromatic carbocycles. The Morgan fingerprint density at radius 2 is 1.90 bits per heavy atom. The van der Waals surface area contributed by atoms with E-state index < -0.39 is 0 Å². The third kappa shape index (κ3) is 6.43. The minimum atomic E-state index is -0.170. The maximum Gasteiger partial charge on any atom is 0.307 e. The van der Waals surface area contributed by atoms with Crippen molar-refractivity contribution in [2.75, 3.05) is 13.2 Å². The van der Waals surface area contributed by atoms with E-state index in [2.05, 4.69) is 55.3 Å². The predicted molar refractivity (Wildman–Crippen MR) is 121 cm³/mol. The quantitative estimate of drug-likeness (QED) is 0.473. The van der Waals surface area contributed by atoms with Crippen LogP contribution in [-0.2, 0) is 16.1 Å². The average Bonchev–Trinajstić information content (AvgIpc) is 2.71. The topological polar surface area (TPSA) is 60.5 Å². The average molecular weight is 413 g/mol. The fourth-order valence-corrected chi connectivity index (χ4v) is 4.21. The van der Waals surface area contributed by atoms with Crippen LogP contribution in [0, 0.1) is 11.3 Å². The first-order valence-corrected chi connectivity index (χ1v) is 11.3. The highest BCUT2D eigenvalue weighted by atomic mass is 16.5. The van der Waals surface area contributed by atoms with Gasteiger partial charge in [-0.2, -0.15) is 0 Å². The smallest absolute Gasteiger partial charge is 0.307 e. The Hall–Kier alpha value is -2.14. The third-order valence-corrected chi connectivity index (χ3v) is 6.07. The van der Waals surface area contributed by atoms with E-state index in [9.17, 15) is 4.79 Å². The Bertz CT molecular complexity index is 836. The number of aromatic nitrogens is 1. The molecule has 30 heavy (non-hydrogen) atoms. The van der Waals surface area contributed by atoms with Crippen LogP contribution in [0.3, 0.4) is 0 Å². The maximum atomic E-state index is 11.4. The number of rotatable bonds is 8. The van der Waals surface area contributed by atoms with Crippen LogP contribution in [0.5, 0.6) is 5.75 Å². The zero-order chi connectivity index (χ0) is 21.6. The van der Waals surface area contributed by atoms with Crippen molar-refractivity contribution < 1.29 is 14.3 Å². The van der Waals surface area contributed by atoms with Gasteiger partial charge in [-0.15, -0.1) is 0 Å². The lowest BCUT2D eigenvalue weighted by Crippen LogP contribution is -2.30. The van der Waals surface area contributed by atoms with E-state index in [0.29, 0.717) is 37.6 Å². The van der Waals surface area contributed by atoms with Crippen molar-refractivity contribution in [3.8, 4) is 5.75 Å². The molecule has 0 saturated heterocycles. The first kappa shape index (κ1) is 22.5. The molecule has 1 aliphatic rings. The molecule has 164 valence electrons. The highest BCUT2D eigenvalue weighted by Gasteiger charge is 2.30. The van der Waals surface area contributed by atoms with Crippen LogP contribution < -0.4 is 10.1 Å². The Kier molecular flexibility index (Phi) is 7.70. The molecule has 0 bridgehead atoms. The molecule has 0 radical (unpaired) electrons. The molecule has 2 aromatic rings. The largest absolute Gasteiger partial charge is 0.490 e. The number of ether oxygens (including phenoxy) is 2. The van der Waals surface area contributed by atoms with Crippen LogP contribution in [0.25, 0.3) is 10.8 Å². The minimum absolute atomic E-state index is 0.170. The summed E-state index contributed by atoms with van der Waals surface area (Å²) < 4.78 is 11.2. The van der Waals surface area contributed by atoms with E-state index in [1.165, 1.54) is 12.8 Å². The summed E-state index contributed by atoms with van der Waals surface area (Å²) in [5.41, 5.74) is 1.35. The van der Waals surface area contributed by atoms with Crippen LogP contribution in [0.1, 0.15) is 65.5 Å². The van der Waals surface area contributed by atoms with E-state index in [-0.39, 0.29) is 5.97 Å². The summed E-state index contributed by atoms with van der Waals surface area (Å²) in [4.78, 5) is 15.9. The molecule has 0 unspecified atom stereocenters. The van der Waals surface area contributed by atoms with E-state index >= 15 is 0 Å². The van der Waals surface area contributed by atoms with Crippen molar-refractivity contribution in [2.24, 2.45) is 11.3 Å². The zero-order valence-electron chi connectivity index (χ0n) is 18.9. The van der Waals surface area contributed by atoms with E-state index in [4.69, 9.17) is 9.47 Å². The number of pyridine rings is 1. The van der Waals surface area contributed by atoms with E-state index in [1.54, 1.807) is 0 Å². The fourth-order valence-electron chi connectivity index (χ4n) is 4.21. The number of nitrogens with one attached hydrogen (secondary N) is 1. The van der Waals surface area contributed by atoms with Crippen LogP contribution in [0.2, 0.25) is 0 Å². The number of carbonyl (C=O) groups is 1. The second-order valence-electron chi connectivity index (χ2n) is 9.37. The molecule has 0 aliphatic heterocycles. The number of fused-ring (bicyclic) bond motifs is 1. The Morgan fingerprint density at radius 3 is 2.60 bits per heavy atom. The summed E-state index contributed by atoms with van der Waals surface area (Å²) in [7, 11) is 0. The van der Waals surface area contributed by atoms with Crippen molar-refractivity contribution in [1.82, 2.24) is 10.3 Å². The standard InChI is InChI=1S/C25H36N2O3/c1-5-29-24(28)12-13-26-17-21-14-18-6-9-23(15-19(18)16-27-21)30-22-10-7-20(8-11-22)25(2,3)4/h6,9,14-16,20,22,26H,5,7-8,10-13,17H2,1-4H3. The van der Waals surface area contributed by atoms with Crippen LogP contribution in [0.15, 0.2) is 30.5 Å². The molecule has 1 saturated carbocycles. The Labute approximate surface area is 180 Å². The Balaban J connectivity index is 1.51. The Morgan fingerprint density at radius 1 is 1.13 bits per heavy atom. The molecular formula is C25H36N2O3. The summed E-state index contributed by atoms with van der Waals surface area (Å²) in [5, 5.41) is 5.49. The zero-order valence-corrected chi connectivity index (χ0v) is 18.9. The third-order valence-electron chi connectivity index (χ3n) is 6.07. The second kappa shape index (κ2) is 10.3. The molecule has 0 atom stereocenters. The molecule has 3 rings (SSSR count). The summed E-state index contributed by atoms with van der Waals surface area (Å²) in [6.07, 6.45) is 7.35. The predicted octanol–water partition coefficient (Wildman–Crippen LogP) is 5.26. The number of hydrogen-bond acceptors (Lipinski definition) is 5. The number of hydrogen-bond donors (Lipinski definition) is 1. The van der Waals surface area contributed by atoms with Gasteiger partial charge in [0.15, 0.2) is 0 Å². The molecule has 0 amide bonds. The van der Waals surface area contributed by atoms with Crippen molar-refractivity contribution in [3.05, 3.63) is 36.2 Å². The molecule has 1 aliphatic carbocycles. The highest BCUT2D eigenvalue weighted by Crippen LogP contribution is 2.38. The van der Waals surface area contributed by atoms with Gasteiger partial charge in [0.2, 0.25) is 0 Å². The summed E-state index contributed by atoms with van der Waals surface area (Å²) in [6.45, 7) is 10.5. The SMILES string of the molecule is CCOC(=O)CCNCc1cc2ccc(OC3CCC(C(C)(C)C)CC3)cc2cn1. The van der Waals surface area contributed by atoms with Gasteiger partial charge < -0.3 is 14.8 Å². The first-order valence-electron chi connectivity index (χ1n) is 11.3. The van der Waals surface area contributed by atoms with Gasteiger partial charge >= 0.3 is 5.97 Å². The summed E-state index contributed by atoms with van der Waals surface area (Å²) in [5.74, 6) is 1.56. The minimum Gasteiger partial charge on any atom is -0.490 e. The monoisotopic (exact) mass is 412 g/mol. The van der Waals surface area contributed by atoms with Gasteiger partial charge in [-0.25, -0.2) is 0 Å². The van der Waals surface area contributed by atoms with Crippen molar-refractivity contribution in [1.29, 1.82) is 0 Å². The lowest BCUT2D eigenvalue weighted by Gasteiger charge is -2.36. The molecular weight excluding hydrogens is 376 g/mol. The number of carbonyl (C=O) groups excluding carboxylic acids is 1. The number of benzene rings is 1. The summed E-state index contributed by atoms with van der Waals surface area (Å²) in [6, 6.07) is 8.35. The molecule has 1 aromatic heterocycles. The number of esters is 1. The highest BCUT2D eigenvalue weighted by molar-refractivity contribution is 5.83. The lowest BCUT2D eigenvalue weighted by atomic mass is 9.72. The van der Waals surface area contributed by atoms with Crippen LogP contribution in [-0.4, -0.2) is 30.2 Å².